The minimum Gasteiger partial charge on any atom is -0.485 e. The SMILES string of the molecule is CC(C)Oc1cccnc1Oc1cc(Cl)ccc1N. The van der Waals surface area contributed by atoms with Gasteiger partial charge >= 0.3 is 0 Å². The van der Waals surface area contributed by atoms with Crippen LogP contribution in [0.15, 0.2) is 36.5 Å². The Morgan fingerprint density at radius 3 is 2.74 bits per heavy atom. The van der Waals surface area contributed by atoms with E-state index in [0.717, 1.165) is 0 Å². The third-order valence-corrected chi connectivity index (χ3v) is 2.52. The fourth-order valence-corrected chi connectivity index (χ4v) is 1.66. The van der Waals surface area contributed by atoms with Gasteiger partial charge in [-0.25, -0.2) is 4.98 Å². The lowest BCUT2D eigenvalue weighted by molar-refractivity contribution is 0.231. The zero-order chi connectivity index (χ0) is 13.8. The van der Waals surface area contributed by atoms with Crippen LogP contribution in [0, 0.1) is 0 Å². The van der Waals surface area contributed by atoms with Gasteiger partial charge in [0.2, 0.25) is 0 Å². The molecule has 5 heteroatoms. The summed E-state index contributed by atoms with van der Waals surface area (Å²) < 4.78 is 11.3. The summed E-state index contributed by atoms with van der Waals surface area (Å²) in [5.74, 6) is 1.39. The number of pyridine rings is 1. The molecule has 1 heterocycles. The zero-order valence-electron chi connectivity index (χ0n) is 10.8. The molecule has 0 radical (unpaired) electrons. The third-order valence-electron chi connectivity index (χ3n) is 2.28. The molecule has 0 saturated heterocycles. The molecule has 0 aliphatic rings. The smallest absolute Gasteiger partial charge is 0.262 e. The second-order valence-electron chi connectivity index (χ2n) is 4.26. The highest BCUT2D eigenvalue weighted by atomic mass is 35.5. The van der Waals surface area contributed by atoms with Crippen LogP contribution in [-0.4, -0.2) is 11.1 Å². The predicted molar refractivity (Wildman–Crippen MR) is 75.9 cm³/mol. The second-order valence-corrected chi connectivity index (χ2v) is 4.69. The second kappa shape index (κ2) is 5.80. The maximum atomic E-state index is 5.92. The number of rotatable bonds is 4. The summed E-state index contributed by atoms with van der Waals surface area (Å²) in [5.41, 5.74) is 6.33. The number of ether oxygens (including phenoxy) is 2. The number of nitrogen functional groups attached to an aromatic ring is 1. The third kappa shape index (κ3) is 3.51. The van der Waals surface area contributed by atoms with Gasteiger partial charge in [-0.15, -0.1) is 0 Å². The van der Waals surface area contributed by atoms with Crippen molar-refractivity contribution in [1.29, 1.82) is 0 Å². The first-order chi connectivity index (χ1) is 9.06. The molecule has 0 unspecified atom stereocenters. The molecule has 2 aromatic rings. The Morgan fingerprint density at radius 2 is 2.00 bits per heavy atom. The van der Waals surface area contributed by atoms with Gasteiger partial charge in [-0.2, -0.15) is 0 Å². The summed E-state index contributed by atoms with van der Waals surface area (Å²) in [6, 6.07) is 8.61. The number of nitrogens with zero attached hydrogens (tertiary/aromatic N) is 1. The molecule has 0 aliphatic carbocycles. The Bertz CT molecular complexity index is 573. The highest BCUT2D eigenvalue weighted by molar-refractivity contribution is 6.30. The number of nitrogens with two attached hydrogens (primary N) is 1. The molecule has 0 bridgehead atoms. The van der Waals surface area contributed by atoms with Gasteiger partial charge in [0.1, 0.15) is 0 Å². The Morgan fingerprint density at radius 1 is 1.21 bits per heavy atom. The molecular formula is C14H15ClN2O2. The molecule has 0 aliphatic heterocycles. The van der Waals surface area contributed by atoms with Crippen LogP contribution in [-0.2, 0) is 0 Å². The molecule has 0 spiro atoms. The average Bonchev–Trinajstić information content (AvgIpc) is 2.35. The quantitative estimate of drug-likeness (QED) is 0.862. The molecule has 4 nitrogen and oxygen atoms in total. The fourth-order valence-electron chi connectivity index (χ4n) is 1.50. The van der Waals surface area contributed by atoms with Crippen LogP contribution < -0.4 is 15.2 Å². The van der Waals surface area contributed by atoms with Gasteiger partial charge < -0.3 is 15.2 Å². The summed E-state index contributed by atoms with van der Waals surface area (Å²) >= 11 is 5.92. The molecule has 19 heavy (non-hydrogen) atoms. The van der Waals surface area contributed by atoms with E-state index in [1.165, 1.54) is 0 Å². The summed E-state index contributed by atoms with van der Waals surface area (Å²) in [6.07, 6.45) is 1.66. The largest absolute Gasteiger partial charge is 0.485 e. The number of hydrogen-bond donors (Lipinski definition) is 1. The molecule has 0 fully saturated rings. The molecule has 2 N–H and O–H groups in total. The van der Waals surface area contributed by atoms with Crippen LogP contribution in [0.4, 0.5) is 5.69 Å². The summed E-state index contributed by atoms with van der Waals surface area (Å²) in [4.78, 5) is 4.15. The van der Waals surface area contributed by atoms with Gasteiger partial charge in [0.05, 0.1) is 11.8 Å². The van der Waals surface area contributed by atoms with Crippen molar-refractivity contribution in [3.05, 3.63) is 41.6 Å². The van der Waals surface area contributed by atoms with Gasteiger partial charge in [-0.1, -0.05) is 11.6 Å². The Hall–Kier alpha value is -1.94. The van der Waals surface area contributed by atoms with E-state index in [4.69, 9.17) is 26.8 Å². The molecule has 2 rings (SSSR count). The molecule has 1 aromatic carbocycles. The molecule has 0 saturated carbocycles. The van der Waals surface area contributed by atoms with Crippen molar-refractivity contribution in [1.82, 2.24) is 4.98 Å². The monoisotopic (exact) mass is 278 g/mol. The summed E-state index contributed by atoms with van der Waals surface area (Å²) in [5, 5.41) is 0.548. The average molecular weight is 279 g/mol. The highest BCUT2D eigenvalue weighted by Gasteiger charge is 2.11. The highest BCUT2D eigenvalue weighted by Crippen LogP contribution is 2.34. The van der Waals surface area contributed by atoms with E-state index >= 15 is 0 Å². The van der Waals surface area contributed by atoms with Crippen LogP contribution in [0.5, 0.6) is 17.4 Å². The molecular weight excluding hydrogens is 264 g/mol. The van der Waals surface area contributed by atoms with Crippen molar-refractivity contribution in [3.8, 4) is 17.4 Å². The Balaban J connectivity index is 2.30. The van der Waals surface area contributed by atoms with Crippen LogP contribution in [0.1, 0.15) is 13.8 Å². The maximum Gasteiger partial charge on any atom is 0.262 e. The Kier molecular flexibility index (Phi) is 4.12. The first-order valence-corrected chi connectivity index (χ1v) is 6.28. The predicted octanol–water partition coefficient (Wildman–Crippen LogP) is 3.90. The van der Waals surface area contributed by atoms with Crippen LogP contribution in [0.3, 0.4) is 0 Å². The van der Waals surface area contributed by atoms with E-state index in [2.05, 4.69) is 4.98 Å². The van der Waals surface area contributed by atoms with E-state index in [1.807, 2.05) is 13.8 Å². The van der Waals surface area contributed by atoms with Gasteiger partial charge in [0.15, 0.2) is 11.5 Å². The van der Waals surface area contributed by atoms with Crippen molar-refractivity contribution in [2.24, 2.45) is 0 Å². The maximum absolute atomic E-state index is 5.92. The molecule has 100 valence electrons. The van der Waals surface area contributed by atoms with Crippen molar-refractivity contribution >= 4 is 17.3 Å². The number of aromatic nitrogens is 1. The van der Waals surface area contributed by atoms with Crippen molar-refractivity contribution in [2.75, 3.05) is 5.73 Å². The zero-order valence-corrected chi connectivity index (χ0v) is 11.5. The van der Waals surface area contributed by atoms with Crippen LogP contribution in [0.2, 0.25) is 5.02 Å². The molecule has 0 amide bonds. The summed E-state index contributed by atoms with van der Waals surface area (Å²) in [7, 11) is 0. The first-order valence-electron chi connectivity index (χ1n) is 5.91. The van der Waals surface area contributed by atoms with Crippen LogP contribution >= 0.6 is 11.6 Å². The van der Waals surface area contributed by atoms with Gasteiger partial charge in [0.25, 0.3) is 5.88 Å². The van der Waals surface area contributed by atoms with E-state index < -0.39 is 0 Å². The number of anilines is 1. The molecule has 0 atom stereocenters. The topological polar surface area (TPSA) is 57.4 Å². The van der Waals surface area contributed by atoms with Crippen LogP contribution in [0.25, 0.3) is 0 Å². The first kappa shape index (κ1) is 13.5. The summed E-state index contributed by atoms with van der Waals surface area (Å²) in [6.45, 7) is 3.87. The van der Waals surface area contributed by atoms with E-state index in [9.17, 15) is 0 Å². The fraction of sp³-hybridized carbons (Fsp3) is 0.214. The van der Waals surface area contributed by atoms with E-state index in [0.29, 0.717) is 28.1 Å². The molecule has 1 aromatic heterocycles. The minimum absolute atomic E-state index is 0.0308. The number of benzene rings is 1. The lowest BCUT2D eigenvalue weighted by atomic mass is 10.3. The van der Waals surface area contributed by atoms with E-state index in [-0.39, 0.29) is 6.10 Å². The lowest BCUT2D eigenvalue weighted by Gasteiger charge is -2.14. The standard InChI is InChI=1S/C14H15ClN2O2/c1-9(2)18-12-4-3-7-17-14(12)19-13-8-10(15)5-6-11(13)16/h3-9H,16H2,1-2H3. The number of hydrogen-bond acceptors (Lipinski definition) is 4. The van der Waals surface area contributed by atoms with Gasteiger partial charge in [-0.3, -0.25) is 0 Å². The number of halogens is 1. The normalized spacial score (nSPS) is 10.5. The van der Waals surface area contributed by atoms with Crippen molar-refractivity contribution < 1.29 is 9.47 Å². The lowest BCUT2D eigenvalue weighted by Crippen LogP contribution is -2.07. The Labute approximate surface area is 117 Å². The minimum atomic E-state index is 0.0308. The van der Waals surface area contributed by atoms with Crippen molar-refractivity contribution in [3.63, 3.8) is 0 Å². The van der Waals surface area contributed by atoms with Gasteiger partial charge in [-0.05, 0) is 38.1 Å². The van der Waals surface area contributed by atoms with Gasteiger partial charge in [0, 0.05) is 17.3 Å². The van der Waals surface area contributed by atoms with E-state index in [1.54, 1.807) is 36.5 Å². The van der Waals surface area contributed by atoms with Crippen molar-refractivity contribution in [2.45, 2.75) is 20.0 Å².